The molecule has 2 amide bonds. The summed E-state index contributed by atoms with van der Waals surface area (Å²) in [7, 11) is 0. The summed E-state index contributed by atoms with van der Waals surface area (Å²) in [4.78, 5) is 23.1. The van der Waals surface area contributed by atoms with E-state index < -0.39 is 0 Å². The van der Waals surface area contributed by atoms with Crippen LogP contribution < -0.4 is 0 Å². The van der Waals surface area contributed by atoms with Crippen molar-refractivity contribution >= 4 is 11.8 Å². The Morgan fingerprint density at radius 2 is 1.29 bits per heavy atom. The molecule has 0 bridgehead atoms. The van der Waals surface area contributed by atoms with Gasteiger partial charge in [0.25, 0.3) is 0 Å². The van der Waals surface area contributed by atoms with E-state index in [2.05, 4.69) is 0 Å². The molecule has 0 aliphatic carbocycles. The number of carbonyl (C=O) groups is 2. The van der Waals surface area contributed by atoms with Crippen molar-refractivity contribution in [2.75, 3.05) is 13.1 Å². The van der Waals surface area contributed by atoms with Gasteiger partial charge in [0.1, 0.15) is 0 Å². The molecule has 0 aromatic rings. The van der Waals surface area contributed by atoms with Gasteiger partial charge < -0.3 is 0 Å². The molecule has 1 aliphatic rings. The molecule has 1 aliphatic heterocycles. The summed E-state index contributed by atoms with van der Waals surface area (Å²) >= 11 is 0. The lowest BCUT2D eigenvalue weighted by molar-refractivity contribution is -0.167. The standard InChI is InChI=1S/C10H18N2O2/c1-3-9(13)11-7-5-6-8-12(11)10(14)4-2/h3-8H2,1-2H3. The highest BCUT2D eigenvalue weighted by Gasteiger charge is 2.26. The SMILES string of the molecule is CCC(=O)N1CCCCN1C(=O)CC. The third-order valence-corrected chi connectivity index (χ3v) is 2.46. The van der Waals surface area contributed by atoms with Crippen LogP contribution in [0.25, 0.3) is 0 Å². The number of hydrogen-bond acceptors (Lipinski definition) is 2. The maximum Gasteiger partial charge on any atom is 0.240 e. The van der Waals surface area contributed by atoms with Crippen molar-refractivity contribution in [1.29, 1.82) is 0 Å². The first-order chi connectivity index (χ1) is 6.70. The van der Waals surface area contributed by atoms with Gasteiger partial charge in [0.05, 0.1) is 0 Å². The van der Waals surface area contributed by atoms with Crippen molar-refractivity contribution in [3.63, 3.8) is 0 Å². The lowest BCUT2D eigenvalue weighted by Crippen LogP contribution is -2.52. The highest BCUT2D eigenvalue weighted by Crippen LogP contribution is 2.13. The molecule has 0 spiro atoms. The Bertz CT molecular complexity index is 204. The third-order valence-electron chi connectivity index (χ3n) is 2.46. The van der Waals surface area contributed by atoms with Crippen LogP contribution in [0.4, 0.5) is 0 Å². The first-order valence-electron chi connectivity index (χ1n) is 5.31. The fourth-order valence-corrected chi connectivity index (χ4v) is 1.65. The quantitative estimate of drug-likeness (QED) is 0.668. The molecule has 0 radical (unpaired) electrons. The Morgan fingerprint density at radius 3 is 1.57 bits per heavy atom. The molecule has 1 saturated heterocycles. The smallest absolute Gasteiger partial charge is 0.240 e. The molecule has 0 unspecified atom stereocenters. The van der Waals surface area contributed by atoms with Crippen LogP contribution in [0.1, 0.15) is 39.5 Å². The summed E-state index contributed by atoms with van der Waals surface area (Å²) in [6.45, 7) is 5.04. The van der Waals surface area contributed by atoms with E-state index in [0.29, 0.717) is 25.9 Å². The fraction of sp³-hybridized carbons (Fsp3) is 0.800. The van der Waals surface area contributed by atoms with Crippen LogP contribution >= 0.6 is 0 Å². The topological polar surface area (TPSA) is 40.6 Å². The zero-order valence-corrected chi connectivity index (χ0v) is 8.95. The molecule has 1 fully saturated rings. The number of rotatable bonds is 2. The third kappa shape index (κ3) is 2.25. The molecular weight excluding hydrogens is 180 g/mol. The van der Waals surface area contributed by atoms with Gasteiger partial charge in [-0.25, -0.2) is 0 Å². The van der Waals surface area contributed by atoms with Crippen molar-refractivity contribution in [3.8, 4) is 0 Å². The average molecular weight is 198 g/mol. The minimum absolute atomic E-state index is 0.0477. The molecule has 1 heterocycles. The van der Waals surface area contributed by atoms with Crippen molar-refractivity contribution in [2.45, 2.75) is 39.5 Å². The van der Waals surface area contributed by atoms with E-state index in [1.54, 1.807) is 10.0 Å². The molecule has 0 aromatic carbocycles. The van der Waals surface area contributed by atoms with Crippen molar-refractivity contribution in [2.24, 2.45) is 0 Å². The maximum atomic E-state index is 11.5. The molecule has 0 saturated carbocycles. The summed E-state index contributed by atoms with van der Waals surface area (Å²) in [5.74, 6) is 0.0954. The van der Waals surface area contributed by atoms with E-state index in [0.717, 1.165) is 12.8 Å². The molecular formula is C10H18N2O2. The summed E-state index contributed by atoms with van der Waals surface area (Å²) in [5.41, 5.74) is 0. The first kappa shape index (κ1) is 11.0. The van der Waals surface area contributed by atoms with Gasteiger partial charge in [0.15, 0.2) is 0 Å². The van der Waals surface area contributed by atoms with Crippen LogP contribution in [0.2, 0.25) is 0 Å². The van der Waals surface area contributed by atoms with Gasteiger partial charge in [0.2, 0.25) is 11.8 Å². The van der Waals surface area contributed by atoms with E-state index in [4.69, 9.17) is 0 Å². The molecule has 0 N–H and O–H groups in total. The highest BCUT2D eigenvalue weighted by molar-refractivity contribution is 5.82. The average Bonchev–Trinajstić information content (AvgIpc) is 2.27. The summed E-state index contributed by atoms with van der Waals surface area (Å²) in [5, 5.41) is 3.21. The molecule has 4 nitrogen and oxygen atoms in total. The predicted molar refractivity (Wildman–Crippen MR) is 53.2 cm³/mol. The van der Waals surface area contributed by atoms with Gasteiger partial charge >= 0.3 is 0 Å². The zero-order valence-electron chi connectivity index (χ0n) is 8.95. The summed E-state index contributed by atoms with van der Waals surface area (Å²) < 4.78 is 0. The first-order valence-corrected chi connectivity index (χ1v) is 5.31. The molecule has 4 heteroatoms. The van der Waals surface area contributed by atoms with Crippen LogP contribution in [0.3, 0.4) is 0 Å². The summed E-state index contributed by atoms with van der Waals surface area (Å²) in [6.07, 6.45) is 2.93. The predicted octanol–water partition coefficient (Wildman–Crippen LogP) is 1.17. The molecule has 1 rings (SSSR count). The number of carbonyl (C=O) groups excluding carboxylic acids is 2. The van der Waals surface area contributed by atoms with Gasteiger partial charge in [-0.3, -0.25) is 19.6 Å². The Kier molecular flexibility index (Phi) is 3.92. The van der Waals surface area contributed by atoms with Crippen molar-refractivity contribution in [1.82, 2.24) is 10.0 Å². The Labute approximate surface area is 84.8 Å². The van der Waals surface area contributed by atoms with Gasteiger partial charge in [-0.1, -0.05) is 13.8 Å². The molecule has 0 atom stereocenters. The van der Waals surface area contributed by atoms with Crippen LogP contribution in [0, 0.1) is 0 Å². The van der Waals surface area contributed by atoms with Crippen LogP contribution in [-0.2, 0) is 9.59 Å². The van der Waals surface area contributed by atoms with E-state index >= 15 is 0 Å². The van der Waals surface area contributed by atoms with E-state index in [1.807, 2.05) is 13.8 Å². The number of hydrogen-bond donors (Lipinski definition) is 0. The normalized spacial score (nSPS) is 17.0. The molecule has 14 heavy (non-hydrogen) atoms. The second-order valence-corrected chi connectivity index (χ2v) is 3.45. The van der Waals surface area contributed by atoms with E-state index in [1.165, 1.54) is 0 Å². The van der Waals surface area contributed by atoms with Crippen LogP contribution in [0.5, 0.6) is 0 Å². The van der Waals surface area contributed by atoms with Gasteiger partial charge in [-0.2, -0.15) is 0 Å². The van der Waals surface area contributed by atoms with Crippen molar-refractivity contribution in [3.05, 3.63) is 0 Å². The largest absolute Gasteiger partial charge is 0.273 e. The summed E-state index contributed by atoms with van der Waals surface area (Å²) in [6, 6.07) is 0. The van der Waals surface area contributed by atoms with Gasteiger partial charge in [0, 0.05) is 25.9 Å². The highest BCUT2D eigenvalue weighted by atomic mass is 16.2. The molecule has 80 valence electrons. The molecule has 0 aromatic heterocycles. The second kappa shape index (κ2) is 4.98. The maximum absolute atomic E-state index is 11.5. The fourth-order valence-electron chi connectivity index (χ4n) is 1.65. The number of amides is 2. The van der Waals surface area contributed by atoms with Gasteiger partial charge in [-0.15, -0.1) is 0 Å². The lowest BCUT2D eigenvalue weighted by atomic mass is 10.2. The van der Waals surface area contributed by atoms with Crippen LogP contribution in [0.15, 0.2) is 0 Å². The van der Waals surface area contributed by atoms with E-state index in [9.17, 15) is 9.59 Å². The Hall–Kier alpha value is -1.06. The Morgan fingerprint density at radius 1 is 0.929 bits per heavy atom. The van der Waals surface area contributed by atoms with Crippen molar-refractivity contribution < 1.29 is 9.59 Å². The minimum Gasteiger partial charge on any atom is -0.273 e. The van der Waals surface area contributed by atoms with Crippen LogP contribution in [-0.4, -0.2) is 34.9 Å². The number of hydrazine groups is 1. The minimum atomic E-state index is 0.0477. The monoisotopic (exact) mass is 198 g/mol. The van der Waals surface area contributed by atoms with E-state index in [-0.39, 0.29) is 11.8 Å². The zero-order chi connectivity index (χ0) is 10.6. The van der Waals surface area contributed by atoms with Gasteiger partial charge in [-0.05, 0) is 12.8 Å². The lowest BCUT2D eigenvalue weighted by Gasteiger charge is -2.38. The number of nitrogens with zero attached hydrogens (tertiary/aromatic N) is 2. The second-order valence-electron chi connectivity index (χ2n) is 3.45. The Balaban J connectivity index is 2.68.